The molecule has 0 saturated heterocycles. The molecule has 3 aromatic rings. The first-order valence-electron chi connectivity index (χ1n) is 7.84. The van der Waals surface area contributed by atoms with E-state index in [0.717, 1.165) is 18.3 Å². The summed E-state index contributed by atoms with van der Waals surface area (Å²) in [5.41, 5.74) is 0.474. The number of aromatic nitrogens is 6. The average molecular weight is 415 g/mol. The number of hydrogen-bond donors (Lipinski definition) is 4. The minimum Gasteiger partial charge on any atom is -0.390 e. The predicted molar refractivity (Wildman–Crippen MR) is 94.0 cm³/mol. The third-order valence-corrected chi connectivity index (χ3v) is 3.68. The lowest BCUT2D eigenvalue weighted by Crippen LogP contribution is -2.36. The van der Waals surface area contributed by atoms with Crippen LogP contribution >= 0.6 is 11.6 Å². The second-order valence-corrected chi connectivity index (χ2v) is 6.04. The van der Waals surface area contributed by atoms with Crippen molar-refractivity contribution >= 4 is 29.3 Å². The van der Waals surface area contributed by atoms with Gasteiger partial charge in [0.05, 0.1) is 17.6 Å². The van der Waals surface area contributed by atoms with Gasteiger partial charge in [0.2, 0.25) is 17.2 Å². The molecule has 9 nitrogen and oxygen atoms in total. The Hall–Kier alpha value is -2.99. The summed E-state index contributed by atoms with van der Waals surface area (Å²) < 4.78 is 41.6. The molecular weight excluding hydrogens is 401 g/mol. The summed E-state index contributed by atoms with van der Waals surface area (Å²) in [7, 11) is 0. The van der Waals surface area contributed by atoms with Crippen molar-refractivity contribution < 1.29 is 18.3 Å². The zero-order chi connectivity index (χ0) is 20.3. The van der Waals surface area contributed by atoms with Crippen molar-refractivity contribution in [3.05, 3.63) is 46.9 Å². The van der Waals surface area contributed by atoms with Gasteiger partial charge >= 0.3 is 0 Å². The van der Waals surface area contributed by atoms with Gasteiger partial charge in [-0.2, -0.15) is 20.1 Å². The van der Waals surface area contributed by atoms with Crippen LogP contribution in [0.4, 0.5) is 30.9 Å². The Bertz CT molecular complexity index is 953. The summed E-state index contributed by atoms with van der Waals surface area (Å²) in [5.74, 6) is -4.24. The molecule has 0 bridgehead atoms. The van der Waals surface area contributed by atoms with Crippen LogP contribution in [0.1, 0.15) is 17.4 Å². The van der Waals surface area contributed by atoms with Gasteiger partial charge < -0.3 is 15.7 Å². The van der Waals surface area contributed by atoms with E-state index in [9.17, 15) is 13.2 Å². The summed E-state index contributed by atoms with van der Waals surface area (Å²) in [4.78, 5) is 15.2. The van der Waals surface area contributed by atoms with Crippen molar-refractivity contribution in [2.45, 2.75) is 18.9 Å². The first kappa shape index (κ1) is 19.8. The number of aromatic amines is 1. The SMILES string of the molecule is Cc1cc(Nc2nc(Cl)nc(NC(c3ccc(F)cn3)C(F)(F)CO)n2)[nH]n1. The number of aliphatic hydroxyl groups is 1. The lowest BCUT2D eigenvalue weighted by molar-refractivity contribution is -0.0668. The highest BCUT2D eigenvalue weighted by atomic mass is 35.5. The van der Waals surface area contributed by atoms with Crippen molar-refractivity contribution in [2.75, 3.05) is 17.2 Å². The fraction of sp³-hybridized carbons (Fsp3) is 0.267. The fourth-order valence-electron chi connectivity index (χ4n) is 2.25. The van der Waals surface area contributed by atoms with Crippen LogP contribution in [0.5, 0.6) is 0 Å². The Morgan fingerprint density at radius 3 is 2.61 bits per heavy atom. The van der Waals surface area contributed by atoms with Crippen molar-refractivity contribution in [3.8, 4) is 0 Å². The number of aryl methyl sites for hydroxylation is 1. The molecule has 0 aliphatic heterocycles. The number of alkyl halides is 2. The Balaban J connectivity index is 1.90. The number of aliphatic hydroxyl groups excluding tert-OH is 1. The van der Waals surface area contributed by atoms with E-state index < -0.39 is 24.4 Å². The van der Waals surface area contributed by atoms with Crippen LogP contribution in [0.25, 0.3) is 0 Å². The quantitative estimate of drug-likeness (QED) is 0.465. The smallest absolute Gasteiger partial charge is 0.296 e. The molecule has 1 unspecified atom stereocenters. The molecule has 3 aromatic heterocycles. The van der Waals surface area contributed by atoms with Gasteiger partial charge in [-0.1, -0.05) is 0 Å². The first-order chi connectivity index (χ1) is 13.3. The van der Waals surface area contributed by atoms with Gasteiger partial charge in [0.15, 0.2) is 0 Å². The molecule has 28 heavy (non-hydrogen) atoms. The fourth-order valence-corrected chi connectivity index (χ4v) is 2.41. The van der Waals surface area contributed by atoms with Crippen molar-refractivity contribution in [3.63, 3.8) is 0 Å². The molecule has 0 aromatic carbocycles. The highest BCUT2D eigenvalue weighted by Crippen LogP contribution is 2.33. The van der Waals surface area contributed by atoms with E-state index in [1.54, 1.807) is 13.0 Å². The Kier molecular flexibility index (Phi) is 5.61. The van der Waals surface area contributed by atoms with Gasteiger partial charge in [0.25, 0.3) is 5.92 Å². The number of nitrogens with one attached hydrogen (secondary N) is 3. The highest BCUT2D eigenvalue weighted by molar-refractivity contribution is 6.28. The van der Waals surface area contributed by atoms with Gasteiger partial charge in [0.1, 0.15) is 24.3 Å². The molecule has 3 heterocycles. The first-order valence-corrected chi connectivity index (χ1v) is 8.22. The molecule has 13 heteroatoms. The van der Waals surface area contributed by atoms with Crippen LogP contribution in [0.15, 0.2) is 24.4 Å². The average Bonchev–Trinajstić information content (AvgIpc) is 3.05. The van der Waals surface area contributed by atoms with Gasteiger partial charge in [0, 0.05) is 6.07 Å². The molecule has 1 atom stereocenters. The van der Waals surface area contributed by atoms with Gasteiger partial charge in [-0.25, -0.2) is 13.2 Å². The largest absolute Gasteiger partial charge is 0.390 e. The summed E-state index contributed by atoms with van der Waals surface area (Å²) in [6, 6.07) is 1.85. The maximum absolute atomic E-state index is 14.3. The summed E-state index contributed by atoms with van der Waals surface area (Å²) >= 11 is 5.85. The van der Waals surface area contributed by atoms with E-state index in [0.29, 0.717) is 11.5 Å². The van der Waals surface area contributed by atoms with Crippen LogP contribution in [0.3, 0.4) is 0 Å². The van der Waals surface area contributed by atoms with E-state index in [2.05, 4.69) is 40.8 Å². The molecule has 0 amide bonds. The normalized spacial score (nSPS) is 12.6. The van der Waals surface area contributed by atoms with Crippen LogP contribution < -0.4 is 10.6 Å². The molecule has 4 N–H and O–H groups in total. The minimum atomic E-state index is -3.65. The second kappa shape index (κ2) is 7.94. The summed E-state index contributed by atoms with van der Waals surface area (Å²) in [6.07, 6.45) is 0.783. The third-order valence-electron chi connectivity index (χ3n) is 3.51. The van der Waals surface area contributed by atoms with Gasteiger partial charge in [-0.05, 0) is 30.7 Å². The van der Waals surface area contributed by atoms with Gasteiger partial charge in [-0.3, -0.25) is 10.1 Å². The van der Waals surface area contributed by atoms with Crippen molar-refractivity contribution in [1.29, 1.82) is 0 Å². The van der Waals surface area contributed by atoms with Crippen molar-refractivity contribution in [2.24, 2.45) is 0 Å². The molecule has 0 aliphatic rings. The van der Waals surface area contributed by atoms with E-state index in [1.807, 2.05) is 0 Å². The number of anilines is 3. The molecule has 0 radical (unpaired) electrons. The van der Waals surface area contributed by atoms with E-state index >= 15 is 0 Å². The summed E-state index contributed by atoms with van der Waals surface area (Å²) in [5, 5.41) is 20.5. The zero-order valence-electron chi connectivity index (χ0n) is 14.3. The lowest BCUT2D eigenvalue weighted by atomic mass is 10.1. The Morgan fingerprint density at radius 2 is 2.00 bits per heavy atom. The number of nitrogens with zero attached hydrogens (tertiary/aromatic N) is 5. The van der Waals surface area contributed by atoms with E-state index in [-0.39, 0.29) is 22.9 Å². The number of hydrogen-bond acceptors (Lipinski definition) is 8. The van der Waals surface area contributed by atoms with E-state index in [1.165, 1.54) is 0 Å². The predicted octanol–water partition coefficient (Wildman–Crippen LogP) is 2.62. The summed E-state index contributed by atoms with van der Waals surface area (Å²) in [6.45, 7) is 0.271. The minimum absolute atomic E-state index is 0.0377. The van der Waals surface area contributed by atoms with Crippen LogP contribution in [-0.2, 0) is 0 Å². The third kappa shape index (κ3) is 4.64. The number of rotatable bonds is 7. The standard InChI is InChI=1S/C15H14ClF3N8O/c1-7-4-10(27-26-7)21-13-23-12(16)24-14(25-13)22-11(15(18,19)6-28)9-3-2-8(17)5-20-9/h2-5,11,28H,6H2,1H3,(H3,21,22,23,24,25,26,27). The second-order valence-electron chi connectivity index (χ2n) is 5.70. The molecule has 0 spiro atoms. The molecular formula is C15H14ClF3N8O. The number of pyridine rings is 1. The Morgan fingerprint density at radius 1 is 1.25 bits per heavy atom. The van der Waals surface area contributed by atoms with Crippen molar-refractivity contribution in [1.82, 2.24) is 30.1 Å². The maximum atomic E-state index is 14.3. The molecule has 148 valence electrons. The number of halogens is 4. The van der Waals surface area contributed by atoms with E-state index in [4.69, 9.17) is 16.7 Å². The number of H-pyrrole nitrogens is 1. The molecule has 0 aliphatic carbocycles. The highest BCUT2D eigenvalue weighted by Gasteiger charge is 2.41. The molecule has 0 saturated carbocycles. The Labute approximate surface area is 161 Å². The van der Waals surface area contributed by atoms with Gasteiger partial charge in [-0.15, -0.1) is 0 Å². The molecule has 0 fully saturated rings. The zero-order valence-corrected chi connectivity index (χ0v) is 15.0. The monoisotopic (exact) mass is 414 g/mol. The maximum Gasteiger partial charge on any atom is 0.296 e. The van der Waals surface area contributed by atoms with Crippen LogP contribution in [0.2, 0.25) is 5.28 Å². The lowest BCUT2D eigenvalue weighted by Gasteiger charge is -2.25. The van der Waals surface area contributed by atoms with Crippen LogP contribution in [-0.4, -0.2) is 47.8 Å². The molecule has 3 rings (SSSR count). The van der Waals surface area contributed by atoms with Crippen LogP contribution in [0, 0.1) is 12.7 Å². The topological polar surface area (TPSA) is 125 Å².